The van der Waals surface area contributed by atoms with Crippen LogP contribution < -0.4 is 0 Å². The SMILES string of the molecule is CCCCCCCCCn1cc(C(C)(C)O)nn1. The van der Waals surface area contributed by atoms with Crippen LogP contribution in [0.25, 0.3) is 0 Å². The topological polar surface area (TPSA) is 50.9 Å². The molecule has 0 aliphatic heterocycles. The Hall–Kier alpha value is -0.900. The summed E-state index contributed by atoms with van der Waals surface area (Å²) in [7, 11) is 0. The van der Waals surface area contributed by atoms with Gasteiger partial charge in [0, 0.05) is 6.54 Å². The van der Waals surface area contributed by atoms with Crippen molar-refractivity contribution in [1.29, 1.82) is 0 Å². The monoisotopic (exact) mass is 253 g/mol. The Bertz CT molecular complexity index is 328. The Morgan fingerprint density at radius 1 is 1.11 bits per heavy atom. The van der Waals surface area contributed by atoms with E-state index in [-0.39, 0.29) is 0 Å². The number of unbranched alkanes of at least 4 members (excludes halogenated alkanes) is 6. The summed E-state index contributed by atoms with van der Waals surface area (Å²) in [4.78, 5) is 0. The molecular formula is C14H27N3O. The summed E-state index contributed by atoms with van der Waals surface area (Å²) in [5.74, 6) is 0. The normalized spacial score (nSPS) is 12.0. The zero-order valence-corrected chi connectivity index (χ0v) is 12.0. The third-order valence-corrected chi connectivity index (χ3v) is 3.16. The third kappa shape index (κ3) is 5.63. The number of hydrogen-bond donors (Lipinski definition) is 1. The standard InChI is InChI=1S/C14H27N3O/c1-4-5-6-7-8-9-10-11-17-12-13(15-16-17)14(2,3)18/h12,18H,4-11H2,1-3H3. The van der Waals surface area contributed by atoms with Gasteiger partial charge in [0.2, 0.25) is 0 Å². The largest absolute Gasteiger partial charge is 0.384 e. The number of aryl methyl sites for hydroxylation is 1. The summed E-state index contributed by atoms with van der Waals surface area (Å²) in [6.07, 6.45) is 10.9. The Balaban J connectivity index is 2.14. The van der Waals surface area contributed by atoms with Crippen LogP contribution in [0.3, 0.4) is 0 Å². The molecule has 1 N–H and O–H groups in total. The zero-order valence-electron chi connectivity index (χ0n) is 12.0. The molecule has 0 aliphatic rings. The minimum absolute atomic E-state index is 0.644. The first-order valence-corrected chi connectivity index (χ1v) is 7.17. The van der Waals surface area contributed by atoms with Crippen molar-refractivity contribution in [3.63, 3.8) is 0 Å². The Morgan fingerprint density at radius 3 is 2.28 bits per heavy atom. The van der Waals surface area contributed by atoms with Gasteiger partial charge in [0.15, 0.2) is 0 Å². The molecule has 1 aromatic rings. The van der Waals surface area contributed by atoms with Gasteiger partial charge in [0.25, 0.3) is 0 Å². The molecule has 0 aromatic carbocycles. The lowest BCUT2D eigenvalue weighted by Gasteiger charge is -2.11. The highest BCUT2D eigenvalue weighted by Crippen LogP contribution is 2.16. The number of aliphatic hydroxyl groups is 1. The molecule has 0 radical (unpaired) electrons. The molecule has 0 aliphatic carbocycles. The van der Waals surface area contributed by atoms with E-state index in [1.165, 1.54) is 38.5 Å². The van der Waals surface area contributed by atoms with Crippen LogP contribution in [0, 0.1) is 0 Å². The fourth-order valence-corrected chi connectivity index (χ4v) is 1.92. The third-order valence-electron chi connectivity index (χ3n) is 3.16. The van der Waals surface area contributed by atoms with Crippen LogP contribution in [-0.4, -0.2) is 20.1 Å². The highest BCUT2D eigenvalue weighted by Gasteiger charge is 2.19. The van der Waals surface area contributed by atoms with E-state index in [1.54, 1.807) is 13.8 Å². The molecule has 4 nitrogen and oxygen atoms in total. The molecule has 4 heteroatoms. The average molecular weight is 253 g/mol. The highest BCUT2D eigenvalue weighted by atomic mass is 16.3. The van der Waals surface area contributed by atoms with Gasteiger partial charge in [-0.05, 0) is 20.3 Å². The fourth-order valence-electron chi connectivity index (χ4n) is 1.92. The van der Waals surface area contributed by atoms with Crippen molar-refractivity contribution in [2.45, 2.75) is 77.9 Å². The molecule has 0 saturated heterocycles. The summed E-state index contributed by atoms with van der Waals surface area (Å²) >= 11 is 0. The number of rotatable bonds is 9. The minimum Gasteiger partial charge on any atom is -0.384 e. The van der Waals surface area contributed by atoms with Gasteiger partial charge in [-0.25, -0.2) is 0 Å². The van der Waals surface area contributed by atoms with Gasteiger partial charge in [-0.1, -0.05) is 50.7 Å². The Kier molecular flexibility index (Phi) is 6.33. The first kappa shape index (κ1) is 15.2. The lowest BCUT2D eigenvalue weighted by Crippen LogP contribution is -2.15. The van der Waals surface area contributed by atoms with Gasteiger partial charge < -0.3 is 5.11 Å². The molecule has 0 saturated carbocycles. The molecule has 0 unspecified atom stereocenters. The van der Waals surface area contributed by atoms with Crippen molar-refractivity contribution in [2.24, 2.45) is 0 Å². The van der Waals surface area contributed by atoms with Crippen molar-refractivity contribution in [3.8, 4) is 0 Å². The molecule has 1 heterocycles. The van der Waals surface area contributed by atoms with E-state index in [1.807, 2.05) is 10.9 Å². The van der Waals surface area contributed by atoms with E-state index in [9.17, 15) is 5.11 Å². The van der Waals surface area contributed by atoms with Crippen LogP contribution in [0.4, 0.5) is 0 Å². The van der Waals surface area contributed by atoms with Crippen molar-refractivity contribution < 1.29 is 5.11 Å². The van der Waals surface area contributed by atoms with Crippen molar-refractivity contribution in [1.82, 2.24) is 15.0 Å². The van der Waals surface area contributed by atoms with E-state index >= 15 is 0 Å². The Labute approximate surface area is 110 Å². The minimum atomic E-state index is -0.890. The van der Waals surface area contributed by atoms with Crippen LogP contribution in [0.2, 0.25) is 0 Å². The summed E-state index contributed by atoms with van der Waals surface area (Å²) in [6.45, 7) is 6.60. The molecule has 18 heavy (non-hydrogen) atoms. The van der Waals surface area contributed by atoms with Gasteiger partial charge in [0.1, 0.15) is 11.3 Å². The lowest BCUT2D eigenvalue weighted by atomic mass is 10.1. The van der Waals surface area contributed by atoms with E-state index in [4.69, 9.17) is 0 Å². The zero-order chi connectivity index (χ0) is 13.4. The molecule has 0 spiro atoms. The van der Waals surface area contributed by atoms with Gasteiger partial charge in [-0.3, -0.25) is 4.68 Å². The second-order valence-corrected chi connectivity index (χ2v) is 5.55. The molecule has 1 rings (SSSR count). The van der Waals surface area contributed by atoms with Crippen LogP contribution >= 0.6 is 0 Å². The fraction of sp³-hybridized carbons (Fsp3) is 0.857. The predicted octanol–water partition coefficient (Wildman–Crippen LogP) is 3.26. The molecule has 0 atom stereocenters. The van der Waals surface area contributed by atoms with Crippen molar-refractivity contribution in [3.05, 3.63) is 11.9 Å². The first-order valence-electron chi connectivity index (χ1n) is 7.17. The van der Waals surface area contributed by atoms with E-state index in [0.717, 1.165) is 13.0 Å². The quantitative estimate of drug-likeness (QED) is 0.687. The second kappa shape index (κ2) is 7.52. The summed E-state index contributed by atoms with van der Waals surface area (Å²) in [6, 6.07) is 0. The van der Waals surface area contributed by atoms with Gasteiger partial charge >= 0.3 is 0 Å². The lowest BCUT2D eigenvalue weighted by molar-refractivity contribution is 0.0737. The molecular weight excluding hydrogens is 226 g/mol. The summed E-state index contributed by atoms with van der Waals surface area (Å²) < 4.78 is 1.83. The number of hydrogen-bond acceptors (Lipinski definition) is 3. The van der Waals surface area contributed by atoms with Crippen LogP contribution in [-0.2, 0) is 12.1 Å². The summed E-state index contributed by atoms with van der Waals surface area (Å²) in [5.41, 5.74) is -0.247. The van der Waals surface area contributed by atoms with Crippen LogP contribution in [0.15, 0.2) is 6.20 Å². The first-order chi connectivity index (χ1) is 8.54. The smallest absolute Gasteiger partial charge is 0.114 e. The van der Waals surface area contributed by atoms with Gasteiger partial charge in [-0.15, -0.1) is 5.10 Å². The Morgan fingerprint density at radius 2 is 1.72 bits per heavy atom. The van der Waals surface area contributed by atoms with Gasteiger partial charge in [-0.2, -0.15) is 0 Å². The maximum Gasteiger partial charge on any atom is 0.114 e. The number of aromatic nitrogens is 3. The second-order valence-electron chi connectivity index (χ2n) is 5.55. The average Bonchev–Trinajstić information content (AvgIpc) is 2.76. The number of nitrogens with zero attached hydrogens (tertiary/aromatic N) is 3. The van der Waals surface area contributed by atoms with Crippen LogP contribution in [0.5, 0.6) is 0 Å². The summed E-state index contributed by atoms with van der Waals surface area (Å²) in [5, 5.41) is 17.8. The molecule has 104 valence electrons. The van der Waals surface area contributed by atoms with E-state index in [0.29, 0.717) is 5.69 Å². The molecule has 0 bridgehead atoms. The molecule has 1 aromatic heterocycles. The maximum atomic E-state index is 9.78. The van der Waals surface area contributed by atoms with Gasteiger partial charge in [0.05, 0.1) is 6.20 Å². The highest BCUT2D eigenvalue weighted by molar-refractivity contribution is 5.02. The van der Waals surface area contributed by atoms with Crippen LogP contribution in [0.1, 0.15) is 71.4 Å². The predicted molar refractivity (Wildman–Crippen MR) is 73.3 cm³/mol. The molecule has 0 amide bonds. The van der Waals surface area contributed by atoms with E-state index in [2.05, 4.69) is 17.2 Å². The van der Waals surface area contributed by atoms with Crippen molar-refractivity contribution >= 4 is 0 Å². The van der Waals surface area contributed by atoms with Crippen molar-refractivity contribution in [2.75, 3.05) is 0 Å². The van der Waals surface area contributed by atoms with E-state index < -0.39 is 5.60 Å². The molecule has 0 fully saturated rings. The maximum absolute atomic E-state index is 9.78.